The number of anilines is 2. The molecule has 3 aliphatic heterocycles. The molecule has 1 aliphatic carbocycles. The molecule has 5 aromatic rings. The molecule has 0 unspecified atom stereocenters. The van der Waals surface area contributed by atoms with Gasteiger partial charge in [0.25, 0.3) is 21.6 Å². The number of allylic oxidation sites excluding steroid dienone is 1. The maximum atomic E-state index is 14.0. The fourth-order valence-corrected chi connectivity index (χ4v) is 12.3. The molecule has 3 aromatic carbocycles. The molecule has 16 nitrogen and oxygen atoms in total. The predicted octanol–water partition coefficient (Wildman–Crippen LogP) is 8.26. The van der Waals surface area contributed by atoms with Gasteiger partial charge in [-0.25, -0.2) is 26.7 Å². The van der Waals surface area contributed by atoms with Crippen LogP contribution in [0.3, 0.4) is 0 Å². The Labute approximate surface area is 383 Å². The Bertz CT molecular complexity index is 2930. The molecule has 342 valence electrons. The highest BCUT2D eigenvalue weighted by Crippen LogP contribution is 2.44. The zero-order chi connectivity index (χ0) is 45.5. The highest BCUT2D eigenvalue weighted by Gasteiger charge is 2.33. The van der Waals surface area contributed by atoms with Crippen molar-refractivity contribution in [2.45, 2.75) is 56.9 Å². The highest BCUT2D eigenvalue weighted by atomic mass is 35.5. The van der Waals surface area contributed by atoms with Crippen molar-refractivity contribution in [2.75, 3.05) is 67.6 Å². The number of carbonyl (C=O) groups is 1. The molecule has 1 atom stereocenters. The van der Waals surface area contributed by atoms with Crippen LogP contribution in [0.5, 0.6) is 17.2 Å². The summed E-state index contributed by atoms with van der Waals surface area (Å²) in [5.41, 5.74) is 5.05. The fourth-order valence-electron chi connectivity index (χ4n) is 9.00. The van der Waals surface area contributed by atoms with E-state index in [4.69, 9.17) is 21.1 Å². The van der Waals surface area contributed by atoms with Gasteiger partial charge in [-0.15, -0.1) is 0 Å². The zero-order valence-corrected chi connectivity index (χ0v) is 38.6. The molecule has 2 saturated heterocycles. The summed E-state index contributed by atoms with van der Waals surface area (Å²) in [5, 5.41) is 16.8. The SMILES string of the molecule is CC1(C)CCC(CN2CCN(c3ccc(C(=O)NS(=O)(=O)c4cc5c(c([N+](=O)[O-])c4)N[C@@H](CN=S4(=O)CCCC4)CO5)c(Oc4cnc5[nH]ccc5c4)c3)CC2)=C(c2ccc(Cl)cc2)C1. The van der Waals surface area contributed by atoms with E-state index < -0.39 is 47.2 Å². The smallest absolute Gasteiger partial charge is 0.297 e. The number of halogens is 1. The van der Waals surface area contributed by atoms with Gasteiger partial charge in [0, 0.05) is 94.5 Å². The van der Waals surface area contributed by atoms with Crippen LogP contribution in [0, 0.1) is 15.5 Å². The molecule has 4 aliphatic rings. The van der Waals surface area contributed by atoms with Crippen molar-refractivity contribution in [1.82, 2.24) is 19.6 Å². The van der Waals surface area contributed by atoms with Crippen LogP contribution in [0.15, 0.2) is 94.0 Å². The predicted molar refractivity (Wildman–Crippen MR) is 252 cm³/mol. The standard InChI is InChI=1S/C46H51ClN8O8S2/c1-46(2)13-11-32(39(25-46)30-5-7-33(47)8-6-30)28-53-15-17-54(18-16-53)35-9-10-38(41(22-35)63-36-21-31-12-14-48-44(31)49-27-36)45(56)52-65(60,61)37-23-40(55(57)58)43-42(24-37)62-29-34(51-43)26-50-64(59)19-3-4-20-64/h5-10,12,14,21-24,27,34,51H,3-4,11,13,15-20,25-26,28-29H2,1-2H3,(H,48,49)(H,52,56)/t34-/m0/s1. The third kappa shape index (κ3) is 9.95. The second-order valence-corrected chi connectivity index (χ2v) is 22.7. The number of sulfonamides is 1. The van der Waals surface area contributed by atoms with Crippen molar-refractivity contribution >= 4 is 70.9 Å². The number of pyridine rings is 1. The molecule has 2 fully saturated rings. The lowest BCUT2D eigenvalue weighted by Gasteiger charge is -2.39. The Kier molecular flexibility index (Phi) is 12.3. The number of rotatable bonds is 12. The van der Waals surface area contributed by atoms with Gasteiger partial charge in [-0.1, -0.05) is 43.2 Å². The third-order valence-corrected chi connectivity index (χ3v) is 16.7. The van der Waals surface area contributed by atoms with E-state index >= 15 is 0 Å². The third-order valence-electron chi connectivity index (χ3n) is 12.6. The van der Waals surface area contributed by atoms with Gasteiger partial charge in [0.05, 0.1) is 34.2 Å². The summed E-state index contributed by atoms with van der Waals surface area (Å²) in [4.78, 5) is 37.2. The average Bonchev–Trinajstić information content (AvgIpc) is 3.95. The number of hydrogen-bond acceptors (Lipinski definition) is 13. The van der Waals surface area contributed by atoms with Gasteiger partial charge in [0.15, 0.2) is 11.4 Å². The lowest BCUT2D eigenvalue weighted by Crippen LogP contribution is -2.47. The van der Waals surface area contributed by atoms with Crippen LogP contribution in [0.25, 0.3) is 16.6 Å². The van der Waals surface area contributed by atoms with E-state index in [0.29, 0.717) is 36.0 Å². The van der Waals surface area contributed by atoms with Crippen LogP contribution < -0.4 is 24.4 Å². The van der Waals surface area contributed by atoms with E-state index in [1.165, 1.54) is 29.0 Å². The Hall–Kier alpha value is -5.69. The molecule has 1 amide bonds. The van der Waals surface area contributed by atoms with Crippen molar-refractivity contribution in [3.05, 3.63) is 111 Å². The van der Waals surface area contributed by atoms with Crippen LogP contribution in [0.1, 0.15) is 61.9 Å². The van der Waals surface area contributed by atoms with Crippen LogP contribution in [-0.4, -0.2) is 102 Å². The summed E-state index contributed by atoms with van der Waals surface area (Å²) in [6, 6.07) is 18.2. The Morgan fingerprint density at radius 2 is 1.85 bits per heavy atom. The Balaban J connectivity index is 0.940. The molecule has 2 aromatic heterocycles. The summed E-state index contributed by atoms with van der Waals surface area (Å²) < 4.78 is 59.3. The van der Waals surface area contributed by atoms with Gasteiger partial charge in [-0.3, -0.25) is 19.8 Å². The topological polar surface area (TPSA) is 201 Å². The van der Waals surface area contributed by atoms with E-state index in [9.17, 15) is 27.5 Å². The number of fused-ring (bicyclic) bond motifs is 2. The first-order valence-corrected chi connectivity index (χ1v) is 25.5. The Morgan fingerprint density at radius 3 is 2.60 bits per heavy atom. The number of aromatic amines is 1. The molecule has 9 rings (SSSR count). The summed E-state index contributed by atoms with van der Waals surface area (Å²) in [7, 11) is -7.01. The number of hydrogen-bond donors (Lipinski definition) is 3. The number of carbonyl (C=O) groups excluding carboxylic acids is 1. The monoisotopic (exact) mass is 942 g/mol. The first-order chi connectivity index (χ1) is 31.1. The minimum atomic E-state index is -4.70. The second-order valence-electron chi connectivity index (χ2n) is 17.9. The van der Waals surface area contributed by atoms with Gasteiger partial charge in [0.1, 0.15) is 23.8 Å². The van der Waals surface area contributed by atoms with Crippen molar-refractivity contribution in [1.29, 1.82) is 0 Å². The van der Waals surface area contributed by atoms with Crippen molar-refractivity contribution in [3.63, 3.8) is 0 Å². The first kappa shape index (κ1) is 44.5. The molecule has 0 saturated carbocycles. The van der Waals surface area contributed by atoms with E-state index in [2.05, 4.69) is 60.1 Å². The van der Waals surface area contributed by atoms with Crippen molar-refractivity contribution in [3.8, 4) is 17.2 Å². The lowest BCUT2D eigenvalue weighted by molar-refractivity contribution is -0.384. The largest absolute Gasteiger partial charge is 0.489 e. The number of nitrogens with one attached hydrogen (secondary N) is 3. The van der Waals surface area contributed by atoms with E-state index in [1.807, 2.05) is 18.2 Å². The van der Waals surface area contributed by atoms with Gasteiger partial charge in [0.2, 0.25) is 0 Å². The van der Waals surface area contributed by atoms with Gasteiger partial charge in [-0.2, -0.15) is 0 Å². The molecule has 0 spiro atoms. The number of nitro groups is 1. The summed E-state index contributed by atoms with van der Waals surface area (Å²) in [6.07, 6.45) is 8.09. The molecule has 65 heavy (non-hydrogen) atoms. The number of benzene rings is 3. The minimum Gasteiger partial charge on any atom is -0.489 e. The molecule has 5 heterocycles. The van der Waals surface area contributed by atoms with Crippen molar-refractivity contribution < 1.29 is 31.8 Å². The quantitative estimate of drug-likeness (QED) is 0.0800. The summed E-state index contributed by atoms with van der Waals surface area (Å²) in [5.74, 6) is 0.381. The molecule has 19 heteroatoms. The minimum absolute atomic E-state index is 0.00631. The van der Waals surface area contributed by atoms with Crippen molar-refractivity contribution in [2.24, 2.45) is 9.78 Å². The molecule has 0 radical (unpaired) electrons. The first-order valence-electron chi connectivity index (χ1n) is 21.8. The maximum Gasteiger partial charge on any atom is 0.297 e. The summed E-state index contributed by atoms with van der Waals surface area (Å²) in [6.45, 7) is 8.65. The van der Waals surface area contributed by atoms with Gasteiger partial charge in [-0.05, 0) is 85.1 Å². The second kappa shape index (κ2) is 17.9. The van der Waals surface area contributed by atoms with Crippen LogP contribution in [-0.2, 0) is 19.8 Å². The van der Waals surface area contributed by atoms with E-state index in [1.54, 1.807) is 24.4 Å². The highest BCUT2D eigenvalue weighted by molar-refractivity contribution is 7.93. The number of H-pyrrole nitrogens is 1. The van der Waals surface area contributed by atoms with Crippen LogP contribution in [0.2, 0.25) is 5.02 Å². The van der Waals surface area contributed by atoms with E-state index in [0.717, 1.165) is 80.0 Å². The van der Waals surface area contributed by atoms with E-state index in [-0.39, 0.29) is 41.3 Å². The maximum absolute atomic E-state index is 14.0. The average molecular weight is 944 g/mol. The van der Waals surface area contributed by atoms with Gasteiger partial charge >= 0.3 is 0 Å². The lowest BCUT2D eigenvalue weighted by atomic mass is 9.72. The fraction of sp³-hybridized carbons (Fsp3) is 0.391. The number of nitro benzene ring substituents is 1. The summed E-state index contributed by atoms with van der Waals surface area (Å²) >= 11 is 6.24. The molecule has 0 bridgehead atoms. The number of nitrogens with zero attached hydrogens (tertiary/aromatic N) is 5. The zero-order valence-electron chi connectivity index (χ0n) is 36.2. The Morgan fingerprint density at radius 1 is 1.08 bits per heavy atom. The normalized spacial score (nSPS) is 19.6. The number of amides is 1. The molecular weight excluding hydrogens is 892 g/mol. The number of ether oxygens (including phenoxy) is 2. The van der Waals surface area contributed by atoms with Gasteiger partial charge < -0.3 is 24.7 Å². The molecule has 3 N–H and O–H groups in total. The van der Waals surface area contributed by atoms with Crippen LogP contribution in [0.4, 0.5) is 17.1 Å². The number of aromatic nitrogens is 2. The molecular formula is C46H51ClN8O8S2. The van der Waals surface area contributed by atoms with Crippen LogP contribution >= 0.6 is 11.6 Å². The number of piperazine rings is 1.